The molecule has 168 valence electrons. The van der Waals surface area contributed by atoms with E-state index in [-0.39, 0.29) is 16.4 Å². The van der Waals surface area contributed by atoms with Crippen molar-refractivity contribution in [3.63, 3.8) is 0 Å². The summed E-state index contributed by atoms with van der Waals surface area (Å²) in [5, 5.41) is -0.893. The number of nitrogens with zero attached hydrogens (tertiary/aromatic N) is 1. The first-order valence-corrected chi connectivity index (χ1v) is 14.5. The van der Waals surface area contributed by atoms with Crippen LogP contribution in [0, 0.1) is 5.92 Å². The summed E-state index contributed by atoms with van der Waals surface area (Å²) in [7, 11) is -7.10. The van der Waals surface area contributed by atoms with Crippen molar-refractivity contribution < 1.29 is 16.8 Å². The zero-order valence-corrected chi connectivity index (χ0v) is 19.6. The SMILES string of the molecule is CCc1ccc(S(=O)(=O)[C@H]2CS(=O)(=O)C[C@H]2N2CCC(Cc3ccccc3)CC2)cc1. The van der Waals surface area contributed by atoms with E-state index >= 15 is 0 Å². The molecule has 2 aromatic carbocycles. The third-order valence-corrected chi connectivity index (χ3v) is 11.0. The summed E-state index contributed by atoms with van der Waals surface area (Å²) in [6, 6.07) is 16.8. The minimum absolute atomic E-state index is 0.0622. The maximum atomic E-state index is 13.4. The number of benzene rings is 2. The van der Waals surface area contributed by atoms with Crippen molar-refractivity contribution in [2.24, 2.45) is 5.92 Å². The van der Waals surface area contributed by atoms with E-state index in [1.807, 2.05) is 25.1 Å². The third kappa shape index (κ3) is 5.04. The molecule has 7 heteroatoms. The lowest BCUT2D eigenvalue weighted by Gasteiger charge is -2.37. The van der Waals surface area contributed by atoms with Gasteiger partial charge in [0.1, 0.15) is 0 Å². The highest BCUT2D eigenvalue weighted by atomic mass is 32.2. The number of sulfone groups is 2. The molecule has 2 aliphatic heterocycles. The molecule has 2 heterocycles. The first-order chi connectivity index (χ1) is 14.8. The van der Waals surface area contributed by atoms with Crippen molar-refractivity contribution in [2.45, 2.75) is 48.8 Å². The van der Waals surface area contributed by atoms with Gasteiger partial charge >= 0.3 is 0 Å². The number of piperidine rings is 1. The number of hydrogen-bond acceptors (Lipinski definition) is 5. The normalized spacial score (nSPS) is 24.9. The van der Waals surface area contributed by atoms with Gasteiger partial charge in [-0.2, -0.15) is 0 Å². The van der Waals surface area contributed by atoms with Gasteiger partial charge in [0.25, 0.3) is 0 Å². The second-order valence-corrected chi connectivity index (χ2v) is 13.2. The van der Waals surface area contributed by atoms with E-state index in [2.05, 4.69) is 29.2 Å². The van der Waals surface area contributed by atoms with Gasteiger partial charge in [-0.1, -0.05) is 49.4 Å². The Kier molecular flexibility index (Phi) is 6.56. The number of rotatable bonds is 6. The van der Waals surface area contributed by atoms with E-state index in [4.69, 9.17) is 0 Å². The van der Waals surface area contributed by atoms with Crippen LogP contribution >= 0.6 is 0 Å². The van der Waals surface area contributed by atoms with Gasteiger partial charge < -0.3 is 0 Å². The molecule has 0 bridgehead atoms. The quantitative estimate of drug-likeness (QED) is 0.661. The molecule has 2 fully saturated rings. The zero-order valence-electron chi connectivity index (χ0n) is 18.0. The van der Waals surface area contributed by atoms with Crippen LogP contribution in [0.2, 0.25) is 0 Å². The molecular weight excluding hydrogens is 430 g/mol. The Hall–Kier alpha value is -1.70. The molecule has 0 radical (unpaired) electrons. The van der Waals surface area contributed by atoms with Crippen molar-refractivity contribution >= 4 is 19.7 Å². The molecule has 0 spiro atoms. The molecule has 2 atom stereocenters. The highest BCUT2D eigenvalue weighted by Gasteiger charge is 2.48. The van der Waals surface area contributed by atoms with Crippen molar-refractivity contribution in [3.05, 3.63) is 65.7 Å². The summed E-state index contributed by atoms with van der Waals surface area (Å²) >= 11 is 0. The van der Waals surface area contributed by atoms with Crippen LogP contribution in [-0.2, 0) is 32.5 Å². The lowest BCUT2D eigenvalue weighted by Crippen LogP contribution is -2.49. The van der Waals surface area contributed by atoms with Crippen LogP contribution < -0.4 is 0 Å². The fourth-order valence-electron chi connectivity index (χ4n) is 4.96. The molecule has 2 saturated heterocycles. The van der Waals surface area contributed by atoms with Gasteiger partial charge in [-0.25, -0.2) is 16.8 Å². The van der Waals surface area contributed by atoms with Crippen molar-refractivity contribution in [3.8, 4) is 0 Å². The highest BCUT2D eigenvalue weighted by molar-refractivity contribution is 7.96. The molecule has 2 aromatic rings. The summed E-state index contributed by atoms with van der Waals surface area (Å²) in [5.74, 6) is 0.209. The van der Waals surface area contributed by atoms with E-state index in [0.717, 1.165) is 44.3 Å². The van der Waals surface area contributed by atoms with Crippen LogP contribution in [0.3, 0.4) is 0 Å². The van der Waals surface area contributed by atoms with Gasteiger partial charge in [0, 0.05) is 6.04 Å². The van der Waals surface area contributed by atoms with Crippen LogP contribution in [0.1, 0.15) is 30.9 Å². The Labute approximate surface area is 186 Å². The van der Waals surface area contributed by atoms with Gasteiger partial charge in [0.2, 0.25) is 0 Å². The van der Waals surface area contributed by atoms with Crippen molar-refractivity contribution in [1.82, 2.24) is 4.90 Å². The summed E-state index contributed by atoms with van der Waals surface area (Å²) in [4.78, 5) is 2.35. The maximum absolute atomic E-state index is 13.4. The second-order valence-electron chi connectivity index (χ2n) is 8.89. The summed E-state index contributed by atoms with van der Waals surface area (Å²) in [6.07, 6.45) is 3.77. The van der Waals surface area contributed by atoms with Crippen molar-refractivity contribution in [1.29, 1.82) is 0 Å². The number of hydrogen-bond donors (Lipinski definition) is 0. The molecule has 0 unspecified atom stereocenters. The van der Waals surface area contributed by atoms with Gasteiger partial charge in [-0.3, -0.25) is 4.90 Å². The summed E-state index contributed by atoms with van der Waals surface area (Å²) in [5.41, 5.74) is 2.38. The lowest BCUT2D eigenvalue weighted by molar-refractivity contribution is 0.144. The molecule has 0 amide bonds. The van der Waals surface area contributed by atoms with Gasteiger partial charge in [-0.15, -0.1) is 0 Å². The Balaban J connectivity index is 1.49. The first kappa shape index (κ1) is 22.5. The number of likely N-dealkylation sites (tertiary alicyclic amines) is 1. The Morgan fingerprint density at radius 3 is 2.16 bits per heavy atom. The zero-order chi connectivity index (χ0) is 22.1. The molecule has 0 aliphatic carbocycles. The minimum atomic E-state index is -3.72. The van der Waals surface area contributed by atoms with E-state index < -0.39 is 31.0 Å². The fraction of sp³-hybridized carbons (Fsp3) is 0.500. The standard InChI is InChI=1S/C24H31NO4S2/c1-2-19-8-10-22(11-9-19)31(28,29)24-18-30(26,27)17-23(24)25-14-12-21(13-15-25)16-20-6-4-3-5-7-20/h3-11,21,23-24H,2,12-18H2,1H3/t23-,24+/m1/s1. The molecule has 0 saturated carbocycles. The predicted octanol–water partition coefficient (Wildman–Crippen LogP) is 3.14. The smallest absolute Gasteiger partial charge is 0.183 e. The average Bonchev–Trinajstić information content (AvgIpc) is 3.11. The Morgan fingerprint density at radius 2 is 1.55 bits per heavy atom. The van der Waals surface area contributed by atoms with Crippen molar-refractivity contribution in [2.75, 3.05) is 24.6 Å². The van der Waals surface area contributed by atoms with Crippen LogP contribution in [0.15, 0.2) is 59.5 Å². The molecule has 0 N–H and O–H groups in total. The molecule has 4 rings (SSSR count). The average molecular weight is 462 g/mol. The summed E-state index contributed by atoms with van der Waals surface area (Å²) < 4.78 is 51.8. The van der Waals surface area contributed by atoms with E-state index in [0.29, 0.717) is 5.92 Å². The molecule has 5 nitrogen and oxygen atoms in total. The van der Waals surface area contributed by atoms with Crippen LogP contribution in [0.5, 0.6) is 0 Å². The largest absolute Gasteiger partial charge is 0.298 e. The topological polar surface area (TPSA) is 71.5 Å². The number of aryl methyl sites for hydroxylation is 1. The van der Waals surface area contributed by atoms with E-state index in [1.54, 1.807) is 12.1 Å². The minimum Gasteiger partial charge on any atom is -0.298 e. The Bertz CT molecular complexity index is 1090. The maximum Gasteiger partial charge on any atom is 0.183 e. The van der Waals surface area contributed by atoms with Crippen LogP contribution in [0.4, 0.5) is 0 Å². The summed E-state index contributed by atoms with van der Waals surface area (Å²) in [6.45, 7) is 3.52. The predicted molar refractivity (Wildman–Crippen MR) is 124 cm³/mol. The monoisotopic (exact) mass is 461 g/mol. The van der Waals surface area contributed by atoms with Gasteiger partial charge in [0.05, 0.1) is 21.7 Å². The highest BCUT2D eigenvalue weighted by Crippen LogP contribution is 2.32. The van der Waals surface area contributed by atoms with E-state index in [9.17, 15) is 16.8 Å². The van der Waals surface area contributed by atoms with E-state index in [1.165, 1.54) is 5.56 Å². The second kappa shape index (κ2) is 9.04. The first-order valence-electron chi connectivity index (χ1n) is 11.1. The van der Waals surface area contributed by atoms with Crippen LogP contribution in [0.25, 0.3) is 0 Å². The fourth-order valence-corrected chi connectivity index (χ4v) is 9.79. The van der Waals surface area contributed by atoms with Gasteiger partial charge in [0.15, 0.2) is 19.7 Å². The lowest BCUT2D eigenvalue weighted by atomic mass is 9.89. The molecular formula is C24H31NO4S2. The van der Waals surface area contributed by atoms with Gasteiger partial charge in [-0.05, 0) is 68.0 Å². The Morgan fingerprint density at radius 1 is 0.903 bits per heavy atom. The van der Waals surface area contributed by atoms with Crippen LogP contribution in [-0.4, -0.2) is 57.6 Å². The third-order valence-electron chi connectivity index (χ3n) is 6.82. The molecule has 0 aromatic heterocycles. The molecule has 31 heavy (non-hydrogen) atoms. The molecule has 2 aliphatic rings.